The topological polar surface area (TPSA) is 49.4 Å². The Balaban J connectivity index is 2.32. The zero-order chi connectivity index (χ0) is 22.1. The maximum absolute atomic E-state index is 13.2. The maximum atomic E-state index is 13.2. The zero-order valence-corrected chi connectivity index (χ0v) is 19.2. The van der Waals surface area contributed by atoms with Crippen molar-refractivity contribution in [3.63, 3.8) is 0 Å². The quantitative estimate of drug-likeness (QED) is 0.572. The molecule has 162 valence electrons. The molecule has 2 aromatic rings. The maximum Gasteiger partial charge on any atom is 0.243 e. The first-order valence-corrected chi connectivity index (χ1v) is 11.0. The summed E-state index contributed by atoms with van der Waals surface area (Å²) in [5.74, 6) is 0.145. The summed E-state index contributed by atoms with van der Waals surface area (Å²) < 4.78 is 0. The molecule has 0 aromatic heterocycles. The predicted molar refractivity (Wildman–Crippen MR) is 123 cm³/mol. The molecule has 0 saturated heterocycles. The Labute approximate surface area is 185 Å². The van der Waals surface area contributed by atoms with Gasteiger partial charge < -0.3 is 10.2 Å². The summed E-state index contributed by atoms with van der Waals surface area (Å²) in [6.07, 6.45) is 1.37. The van der Waals surface area contributed by atoms with Crippen LogP contribution in [0.4, 0.5) is 0 Å². The van der Waals surface area contributed by atoms with Crippen molar-refractivity contribution in [3.05, 3.63) is 70.7 Å². The third-order valence-corrected chi connectivity index (χ3v) is 5.27. The first kappa shape index (κ1) is 23.9. The van der Waals surface area contributed by atoms with Crippen molar-refractivity contribution in [2.45, 2.75) is 53.1 Å². The molecule has 0 bridgehead atoms. The Morgan fingerprint density at radius 3 is 2.13 bits per heavy atom. The van der Waals surface area contributed by atoms with Crippen molar-refractivity contribution < 1.29 is 9.59 Å². The van der Waals surface area contributed by atoms with E-state index in [1.807, 2.05) is 68.4 Å². The van der Waals surface area contributed by atoms with Crippen LogP contribution >= 0.6 is 11.6 Å². The van der Waals surface area contributed by atoms with Crippen molar-refractivity contribution in [1.29, 1.82) is 0 Å². The van der Waals surface area contributed by atoms with Gasteiger partial charge in [-0.05, 0) is 35.6 Å². The zero-order valence-electron chi connectivity index (χ0n) is 18.4. The van der Waals surface area contributed by atoms with Crippen LogP contribution in [0.2, 0.25) is 5.02 Å². The molecule has 2 rings (SSSR count). The lowest BCUT2D eigenvalue weighted by molar-refractivity contribution is -0.143. The molecule has 0 spiro atoms. The van der Waals surface area contributed by atoms with Gasteiger partial charge in [0, 0.05) is 30.5 Å². The summed E-state index contributed by atoms with van der Waals surface area (Å²) in [5, 5.41) is 3.70. The number of hydrogen-bond acceptors (Lipinski definition) is 2. The summed E-state index contributed by atoms with van der Waals surface area (Å²) >= 11 is 6.02. The number of carbonyl (C=O) groups is 2. The molecule has 0 aliphatic rings. The second-order valence-corrected chi connectivity index (χ2v) is 8.86. The highest BCUT2D eigenvalue weighted by Gasteiger charge is 2.31. The van der Waals surface area contributed by atoms with E-state index in [4.69, 9.17) is 11.6 Å². The lowest BCUT2D eigenvalue weighted by atomic mass is 10.0. The Morgan fingerprint density at radius 2 is 1.57 bits per heavy atom. The lowest BCUT2D eigenvalue weighted by Crippen LogP contribution is -2.51. The average Bonchev–Trinajstić information content (AvgIpc) is 2.71. The van der Waals surface area contributed by atoms with Crippen molar-refractivity contribution in [2.75, 3.05) is 6.54 Å². The minimum Gasteiger partial charge on any atom is -0.354 e. The van der Waals surface area contributed by atoms with E-state index in [0.717, 1.165) is 17.5 Å². The second-order valence-electron chi connectivity index (χ2n) is 8.43. The number of benzene rings is 2. The fourth-order valence-corrected chi connectivity index (χ4v) is 3.37. The number of rotatable bonds is 10. The number of hydrogen-bond donors (Lipinski definition) is 1. The lowest BCUT2D eigenvalue weighted by Gasteiger charge is -2.33. The first-order valence-electron chi connectivity index (χ1n) is 10.6. The highest BCUT2D eigenvalue weighted by Crippen LogP contribution is 2.18. The second kappa shape index (κ2) is 11.8. The molecule has 5 heteroatoms. The molecule has 2 amide bonds. The van der Waals surface area contributed by atoms with Crippen molar-refractivity contribution >= 4 is 23.4 Å². The van der Waals surface area contributed by atoms with E-state index in [0.29, 0.717) is 30.5 Å². The molecule has 0 fully saturated rings. The number of nitrogens with one attached hydrogen (secondary N) is 1. The predicted octanol–water partition coefficient (Wildman–Crippen LogP) is 5.10. The van der Waals surface area contributed by atoms with Crippen molar-refractivity contribution in [2.24, 2.45) is 11.8 Å². The van der Waals surface area contributed by atoms with E-state index in [9.17, 15) is 9.59 Å². The molecule has 1 N–H and O–H groups in total. The van der Waals surface area contributed by atoms with Crippen LogP contribution in [-0.2, 0) is 22.6 Å². The van der Waals surface area contributed by atoms with Gasteiger partial charge in [-0.1, -0.05) is 81.8 Å². The molecule has 0 aliphatic carbocycles. The molecule has 4 nitrogen and oxygen atoms in total. The Kier molecular flexibility index (Phi) is 9.38. The summed E-state index contributed by atoms with van der Waals surface area (Å²) in [5.41, 5.74) is 1.97. The molecule has 0 unspecified atom stereocenters. The van der Waals surface area contributed by atoms with Crippen molar-refractivity contribution in [1.82, 2.24) is 10.2 Å². The molecular formula is C25H33ClN2O2. The molecule has 2 aromatic carbocycles. The van der Waals surface area contributed by atoms with Crippen LogP contribution in [0.1, 0.15) is 45.2 Å². The highest BCUT2D eigenvalue weighted by molar-refractivity contribution is 6.30. The largest absolute Gasteiger partial charge is 0.354 e. The molecule has 0 radical (unpaired) electrons. The minimum atomic E-state index is -0.579. The van der Waals surface area contributed by atoms with Gasteiger partial charge in [0.2, 0.25) is 11.8 Å². The van der Waals surface area contributed by atoms with E-state index in [1.165, 1.54) is 0 Å². The molecule has 1 atom stereocenters. The van der Waals surface area contributed by atoms with Gasteiger partial charge in [0.25, 0.3) is 0 Å². The number of amides is 2. The van der Waals surface area contributed by atoms with E-state index in [-0.39, 0.29) is 17.7 Å². The molecule has 0 heterocycles. The van der Waals surface area contributed by atoms with Crippen LogP contribution in [0.15, 0.2) is 54.6 Å². The molecule has 0 saturated carbocycles. The summed E-state index contributed by atoms with van der Waals surface area (Å²) in [7, 11) is 0. The summed E-state index contributed by atoms with van der Waals surface area (Å²) in [6.45, 7) is 8.96. The summed E-state index contributed by atoms with van der Waals surface area (Å²) in [6, 6.07) is 16.7. The van der Waals surface area contributed by atoms with Gasteiger partial charge >= 0.3 is 0 Å². The van der Waals surface area contributed by atoms with Crippen LogP contribution in [0, 0.1) is 11.8 Å². The van der Waals surface area contributed by atoms with E-state index in [1.54, 1.807) is 4.90 Å². The van der Waals surface area contributed by atoms with Gasteiger partial charge in [0.05, 0.1) is 0 Å². The minimum absolute atomic E-state index is 0.0371. The molecule has 0 aliphatic heterocycles. The van der Waals surface area contributed by atoms with E-state index in [2.05, 4.69) is 19.2 Å². The normalized spacial score (nSPS) is 12.1. The number of nitrogens with zero attached hydrogens (tertiary/aromatic N) is 1. The summed E-state index contributed by atoms with van der Waals surface area (Å²) in [4.78, 5) is 28.1. The van der Waals surface area contributed by atoms with Gasteiger partial charge in [-0.25, -0.2) is 0 Å². The molecule has 30 heavy (non-hydrogen) atoms. The standard InChI is InChI=1S/C25H33ClN2O2/c1-18(2)14-15-27-24(29)23(16-20-8-6-5-7-9-20)28(25(30)19(3)4)17-21-10-12-22(26)13-11-21/h5-13,18-19,23H,14-17H2,1-4H3,(H,27,29)/t23-/m0/s1. The average molecular weight is 429 g/mol. The van der Waals surface area contributed by atoms with Gasteiger partial charge in [0.1, 0.15) is 6.04 Å². The van der Waals surface area contributed by atoms with Gasteiger partial charge in [-0.15, -0.1) is 0 Å². The number of carbonyl (C=O) groups excluding carboxylic acids is 2. The van der Waals surface area contributed by atoms with E-state index >= 15 is 0 Å². The van der Waals surface area contributed by atoms with Gasteiger partial charge in [-0.3, -0.25) is 9.59 Å². The Hall–Kier alpha value is -2.33. The van der Waals surface area contributed by atoms with E-state index < -0.39 is 6.04 Å². The van der Waals surface area contributed by atoms with Gasteiger partial charge in [-0.2, -0.15) is 0 Å². The van der Waals surface area contributed by atoms with Gasteiger partial charge in [0.15, 0.2) is 0 Å². The van der Waals surface area contributed by atoms with Crippen LogP contribution in [0.25, 0.3) is 0 Å². The van der Waals surface area contributed by atoms with Crippen molar-refractivity contribution in [3.8, 4) is 0 Å². The van der Waals surface area contributed by atoms with Crippen LogP contribution in [0.5, 0.6) is 0 Å². The molecular weight excluding hydrogens is 396 g/mol. The third-order valence-electron chi connectivity index (χ3n) is 5.01. The monoisotopic (exact) mass is 428 g/mol. The fourth-order valence-electron chi connectivity index (χ4n) is 3.24. The smallest absolute Gasteiger partial charge is 0.243 e. The number of halogens is 1. The Bertz CT molecular complexity index is 804. The van der Waals surface area contributed by atoms with Crippen LogP contribution < -0.4 is 5.32 Å². The van der Waals surface area contributed by atoms with Crippen LogP contribution in [-0.4, -0.2) is 29.3 Å². The fraction of sp³-hybridized carbons (Fsp3) is 0.440. The van der Waals surface area contributed by atoms with Crippen LogP contribution in [0.3, 0.4) is 0 Å². The Morgan fingerprint density at radius 1 is 0.933 bits per heavy atom. The first-order chi connectivity index (χ1) is 14.3. The highest BCUT2D eigenvalue weighted by atomic mass is 35.5. The third kappa shape index (κ3) is 7.49. The SMILES string of the molecule is CC(C)CCNC(=O)[C@H](Cc1ccccc1)N(Cc1ccc(Cl)cc1)C(=O)C(C)C.